The topological polar surface area (TPSA) is 48.7 Å². The minimum atomic E-state index is -0.457. The number of hydrogen-bond acceptors (Lipinski definition) is 4. The zero-order valence-electron chi connectivity index (χ0n) is 17.1. The zero-order chi connectivity index (χ0) is 20.3. The fraction of sp³-hybridized carbons (Fsp3) is 0.458. The van der Waals surface area contributed by atoms with Crippen LogP contribution in [0.3, 0.4) is 0 Å². The Labute approximate surface area is 165 Å². The predicted octanol–water partition coefficient (Wildman–Crippen LogP) is 5.07. The summed E-state index contributed by atoms with van der Waals surface area (Å²) in [7, 11) is 0. The highest BCUT2D eigenvalue weighted by molar-refractivity contribution is 5.80. The summed E-state index contributed by atoms with van der Waals surface area (Å²) in [4.78, 5) is 12.5. The Kier molecular flexibility index (Phi) is 4.31. The fourth-order valence-corrected chi connectivity index (χ4v) is 4.19. The van der Waals surface area contributed by atoms with E-state index in [1.807, 2.05) is 32.9 Å². The maximum Gasteiger partial charge on any atom is 0.340 e. The second-order valence-corrected chi connectivity index (χ2v) is 8.99. The van der Waals surface area contributed by atoms with Crippen molar-refractivity contribution in [2.45, 2.75) is 70.2 Å². The number of benzene rings is 1. The SMILES string of the molecule is C=CC(C)(C)c1cc2cc3c(cc2oc1=O)O[C@]1(C)CC[C@H](C(=C)C)O[C@@H]1C3. The van der Waals surface area contributed by atoms with E-state index in [9.17, 15) is 4.79 Å². The molecule has 3 atom stereocenters. The van der Waals surface area contributed by atoms with Gasteiger partial charge in [-0.15, -0.1) is 6.58 Å². The zero-order valence-corrected chi connectivity index (χ0v) is 17.1. The van der Waals surface area contributed by atoms with E-state index in [2.05, 4.69) is 26.1 Å². The molecule has 0 bridgehead atoms. The van der Waals surface area contributed by atoms with Gasteiger partial charge in [-0.25, -0.2) is 4.79 Å². The lowest BCUT2D eigenvalue weighted by atomic mass is 9.81. The molecule has 1 aromatic carbocycles. The van der Waals surface area contributed by atoms with Crippen LogP contribution < -0.4 is 10.4 Å². The molecule has 28 heavy (non-hydrogen) atoms. The third-order valence-corrected chi connectivity index (χ3v) is 6.33. The summed E-state index contributed by atoms with van der Waals surface area (Å²) in [5.41, 5.74) is 2.12. The van der Waals surface area contributed by atoms with Gasteiger partial charge in [-0.05, 0) is 44.4 Å². The lowest BCUT2D eigenvalue weighted by Gasteiger charge is -2.47. The summed E-state index contributed by atoms with van der Waals surface area (Å²) >= 11 is 0. The average Bonchev–Trinajstić information content (AvgIpc) is 2.63. The van der Waals surface area contributed by atoms with Crippen LogP contribution in [-0.4, -0.2) is 17.8 Å². The molecule has 3 heterocycles. The third kappa shape index (κ3) is 3.00. The van der Waals surface area contributed by atoms with Gasteiger partial charge in [0.15, 0.2) is 0 Å². The Bertz CT molecular complexity index is 1030. The largest absolute Gasteiger partial charge is 0.484 e. The van der Waals surface area contributed by atoms with Crippen LogP contribution >= 0.6 is 0 Å². The van der Waals surface area contributed by atoms with Crippen LogP contribution in [0, 0.1) is 0 Å². The van der Waals surface area contributed by atoms with Gasteiger partial charge in [-0.2, -0.15) is 0 Å². The molecule has 4 nitrogen and oxygen atoms in total. The van der Waals surface area contributed by atoms with Crippen molar-refractivity contribution in [1.82, 2.24) is 0 Å². The Morgan fingerprint density at radius 2 is 2.07 bits per heavy atom. The van der Waals surface area contributed by atoms with E-state index >= 15 is 0 Å². The Morgan fingerprint density at radius 1 is 1.32 bits per heavy atom. The highest BCUT2D eigenvalue weighted by Gasteiger charge is 2.46. The number of ether oxygens (including phenoxy) is 2. The maximum atomic E-state index is 12.5. The molecule has 2 aliphatic rings. The summed E-state index contributed by atoms with van der Waals surface area (Å²) < 4.78 is 18.4. The minimum Gasteiger partial charge on any atom is -0.484 e. The minimum absolute atomic E-state index is 0.0206. The second-order valence-electron chi connectivity index (χ2n) is 8.99. The molecule has 0 aliphatic carbocycles. The van der Waals surface area contributed by atoms with E-state index in [0.717, 1.165) is 41.5 Å². The van der Waals surface area contributed by atoms with Gasteiger partial charge in [0.2, 0.25) is 0 Å². The molecule has 0 unspecified atom stereocenters. The molecular weight excluding hydrogens is 352 g/mol. The van der Waals surface area contributed by atoms with Crippen LogP contribution in [0.4, 0.5) is 0 Å². The van der Waals surface area contributed by atoms with Crippen molar-refractivity contribution >= 4 is 11.0 Å². The summed E-state index contributed by atoms with van der Waals surface area (Å²) in [5.74, 6) is 0.780. The van der Waals surface area contributed by atoms with Crippen molar-refractivity contribution in [2.75, 3.05) is 0 Å². The van der Waals surface area contributed by atoms with E-state index in [-0.39, 0.29) is 23.4 Å². The molecule has 4 rings (SSSR count). The fourth-order valence-electron chi connectivity index (χ4n) is 4.19. The van der Waals surface area contributed by atoms with Gasteiger partial charge in [0.25, 0.3) is 0 Å². The van der Waals surface area contributed by atoms with Crippen molar-refractivity contribution in [3.63, 3.8) is 0 Å². The maximum absolute atomic E-state index is 12.5. The normalized spacial score (nSPS) is 26.9. The smallest absolute Gasteiger partial charge is 0.340 e. The van der Waals surface area contributed by atoms with Gasteiger partial charge in [-0.1, -0.05) is 32.1 Å². The summed E-state index contributed by atoms with van der Waals surface area (Å²) in [6, 6.07) is 5.82. The molecule has 1 saturated heterocycles. The molecule has 2 aromatic rings. The predicted molar refractivity (Wildman–Crippen MR) is 111 cm³/mol. The third-order valence-electron chi connectivity index (χ3n) is 6.33. The second kappa shape index (κ2) is 6.35. The van der Waals surface area contributed by atoms with Crippen LogP contribution in [0.5, 0.6) is 5.75 Å². The van der Waals surface area contributed by atoms with Gasteiger partial charge < -0.3 is 13.9 Å². The Hall–Kier alpha value is -2.33. The molecule has 1 aromatic heterocycles. The quantitative estimate of drug-likeness (QED) is 0.551. The van der Waals surface area contributed by atoms with Crippen LogP contribution in [0.2, 0.25) is 0 Å². The molecule has 0 spiro atoms. The molecule has 148 valence electrons. The molecular formula is C24H28O4. The van der Waals surface area contributed by atoms with E-state index in [1.165, 1.54) is 0 Å². The first-order chi connectivity index (χ1) is 13.1. The first kappa shape index (κ1) is 19.0. The monoisotopic (exact) mass is 380 g/mol. The number of hydrogen-bond donors (Lipinski definition) is 0. The highest BCUT2D eigenvalue weighted by Crippen LogP contribution is 2.43. The molecule has 1 fully saturated rings. The molecule has 0 radical (unpaired) electrons. The lowest BCUT2D eigenvalue weighted by Crippen LogP contribution is -2.55. The van der Waals surface area contributed by atoms with Gasteiger partial charge in [0.1, 0.15) is 23.0 Å². The standard InChI is InChI=1S/C24H28O4/c1-7-23(4,5)17-11-15-10-16-12-21-24(6,9-8-18(26-21)14(2)3)28-20(16)13-19(15)27-22(17)25/h7,10-11,13,18,21H,1-2,8-9,12H2,3-6H3/t18-,21-,24-/m1/s1. The van der Waals surface area contributed by atoms with Crippen molar-refractivity contribution < 1.29 is 13.9 Å². The summed E-state index contributed by atoms with van der Waals surface area (Å²) in [6.45, 7) is 15.9. The van der Waals surface area contributed by atoms with E-state index in [1.54, 1.807) is 6.08 Å². The summed E-state index contributed by atoms with van der Waals surface area (Å²) in [6.07, 6.45) is 4.41. The Morgan fingerprint density at radius 3 is 2.75 bits per heavy atom. The first-order valence-electron chi connectivity index (χ1n) is 9.88. The highest BCUT2D eigenvalue weighted by atomic mass is 16.6. The molecule has 0 amide bonds. The lowest BCUT2D eigenvalue weighted by molar-refractivity contribution is -0.152. The average molecular weight is 380 g/mol. The summed E-state index contributed by atoms with van der Waals surface area (Å²) in [5, 5.41) is 0.891. The van der Waals surface area contributed by atoms with E-state index in [4.69, 9.17) is 13.9 Å². The molecule has 4 heteroatoms. The van der Waals surface area contributed by atoms with E-state index < -0.39 is 5.41 Å². The van der Waals surface area contributed by atoms with Crippen molar-refractivity contribution in [2.24, 2.45) is 0 Å². The van der Waals surface area contributed by atoms with Crippen molar-refractivity contribution in [3.05, 3.63) is 64.6 Å². The van der Waals surface area contributed by atoms with Crippen LogP contribution in [0.15, 0.2) is 52.2 Å². The van der Waals surface area contributed by atoms with Gasteiger partial charge in [0.05, 0.1) is 6.10 Å². The van der Waals surface area contributed by atoms with Gasteiger partial charge >= 0.3 is 5.63 Å². The molecule has 0 saturated carbocycles. The number of rotatable bonds is 3. The molecule has 2 aliphatic heterocycles. The van der Waals surface area contributed by atoms with Crippen LogP contribution in [0.25, 0.3) is 11.0 Å². The Balaban J connectivity index is 1.77. The van der Waals surface area contributed by atoms with Crippen LogP contribution in [-0.2, 0) is 16.6 Å². The molecule has 0 N–H and O–H groups in total. The van der Waals surface area contributed by atoms with Gasteiger partial charge in [0, 0.05) is 28.9 Å². The van der Waals surface area contributed by atoms with Crippen molar-refractivity contribution in [3.8, 4) is 5.75 Å². The number of fused-ring (bicyclic) bond motifs is 3. The van der Waals surface area contributed by atoms with E-state index in [0.29, 0.717) is 11.1 Å². The number of allylic oxidation sites excluding steroid dienone is 1. The van der Waals surface area contributed by atoms with Gasteiger partial charge in [-0.3, -0.25) is 0 Å². The first-order valence-corrected chi connectivity index (χ1v) is 9.88. The van der Waals surface area contributed by atoms with Crippen LogP contribution in [0.1, 0.15) is 51.7 Å². The van der Waals surface area contributed by atoms with Crippen molar-refractivity contribution in [1.29, 1.82) is 0 Å².